The number of halogens is 1. The molecule has 23 heavy (non-hydrogen) atoms. The lowest BCUT2D eigenvalue weighted by atomic mass is 10.2. The van der Waals surface area contributed by atoms with Crippen LogP contribution in [0.2, 0.25) is 0 Å². The molecule has 0 fully saturated rings. The lowest BCUT2D eigenvalue weighted by Gasteiger charge is -2.04. The Kier molecular flexibility index (Phi) is 4.73. The Bertz CT molecular complexity index is 785. The van der Waals surface area contributed by atoms with Gasteiger partial charge in [0.05, 0.1) is 0 Å². The molecular weight excluding hydrogens is 360 g/mol. The molecule has 2 aromatic carbocycles. The Morgan fingerprint density at radius 1 is 1.13 bits per heavy atom. The van der Waals surface area contributed by atoms with Gasteiger partial charge in [-0.15, -0.1) is 0 Å². The van der Waals surface area contributed by atoms with Crippen LogP contribution in [0, 0.1) is 0 Å². The van der Waals surface area contributed by atoms with Crippen LogP contribution in [-0.4, -0.2) is 11.1 Å². The Balaban J connectivity index is 1.58. The smallest absolute Gasteiger partial charge is 0.415 e. The predicted molar refractivity (Wildman–Crippen MR) is 89.9 cm³/mol. The van der Waals surface area contributed by atoms with Crippen LogP contribution in [0.3, 0.4) is 0 Å². The number of hydrogen-bond donors (Lipinski definition) is 1. The predicted octanol–water partition coefficient (Wildman–Crippen LogP) is 4.85. The summed E-state index contributed by atoms with van der Waals surface area (Å²) in [4.78, 5) is 15.9. The molecule has 116 valence electrons. The first kappa shape index (κ1) is 15.3. The molecule has 0 aliphatic rings. The summed E-state index contributed by atoms with van der Waals surface area (Å²) >= 11 is 3.38. The molecule has 0 radical (unpaired) electrons. The van der Waals surface area contributed by atoms with Gasteiger partial charge in [-0.2, -0.15) is 4.98 Å². The molecule has 0 aliphatic heterocycles. The van der Waals surface area contributed by atoms with Crippen molar-refractivity contribution in [3.8, 4) is 11.3 Å². The highest BCUT2D eigenvalue weighted by Crippen LogP contribution is 2.22. The SMILES string of the molecule is O=C(Nc1nc(-c2ccc(Br)cc2)co1)OCc1ccccc1. The molecule has 1 N–H and O–H groups in total. The van der Waals surface area contributed by atoms with Crippen molar-refractivity contribution < 1.29 is 13.9 Å². The molecule has 1 amide bonds. The van der Waals surface area contributed by atoms with E-state index in [0.717, 1.165) is 15.6 Å². The Morgan fingerprint density at radius 3 is 2.61 bits per heavy atom. The number of rotatable bonds is 4. The van der Waals surface area contributed by atoms with Gasteiger partial charge in [0.2, 0.25) is 0 Å². The number of nitrogens with one attached hydrogen (secondary N) is 1. The fraction of sp³-hybridized carbons (Fsp3) is 0.0588. The van der Waals surface area contributed by atoms with Gasteiger partial charge < -0.3 is 9.15 Å². The molecule has 5 nitrogen and oxygen atoms in total. The van der Waals surface area contributed by atoms with E-state index >= 15 is 0 Å². The highest BCUT2D eigenvalue weighted by atomic mass is 79.9. The highest BCUT2D eigenvalue weighted by molar-refractivity contribution is 9.10. The number of anilines is 1. The number of aromatic nitrogens is 1. The van der Waals surface area contributed by atoms with Gasteiger partial charge in [-0.25, -0.2) is 10.1 Å². The lowest BCUT2D eigenvalue weighted by molar-refractivity contribution is 0.154. The van der Waals surface area contributed by atoms with Crippen molar-refractivity contribution in [3.05, 3.63) is 70.9 Å². The molecule has 0 bridgehead atoms. The summed E-state index contributed by atoms with van der Waals surface area (Å²) in [5, 5.41) is 2.47. The van der Waals surface area contributed by atoms with E-state index in [9.17, 15) is 4.79 Å². The van der Waals surface area contributed by atoms with Crippen LogP contribution in [-0.2, 0) is 11.3 Å². The zero-order valence-electron chi connectivity index (χ0n) is 12.0. The molecule has 1 aromatic heterocycles. The molecule has 3 aromatic rings. The maximum Gasteiger partial charge on any atom is 0.415 e. The van der Waals surface area contributed by atoms with Gasteiger partial charge in [-0.3, -0.25) is 0 Å². The fourth-order valence-electron chi connectivity index (χ4n) is 1.93. The van der Waals surface area contributed by atoms with Crippen molar-refractivity contribution >= 4 is 28.0 Å². The minimum Gasteiger partial charge on any atom is -0.444 e. The molecule has 0 saturated heterocycles. The van der Waals surface area contributed by atoms with Gasteiger partial charge in [-0.05, 0) is 17.7 Å². The number of benzene rings is 2. The third-order valence-electron chi connectivity index (χ3n) is 3.07. The quantitative estimate of drug-likeness (QED) is 0.710. The summed E-state index contributed by atoms with van der Waals surface area (Å²) in [7, 11) is 0. The van der Waals surface area contributed by atoms with Crippen molar-refractivity contribution in [3.63, 3.8) is 0 Å². The number of nitrogens with zero attached hydrogens (tertiary/aromatic N) is 1. The van der Waals surface area contributed by atoms with Crippen LogP contribution in [0.15, 0.2) is 69.8 Å². The van der Waals surface area contributed by atoms with Crippen molar-refractivity contribution in [1.82, 2.24) is 4.98 Å². The Hall–Kier alpha value is -2.60. The second-order valence-electron chi connectivity index (χ2n) is 4.73. The molecule has 0 spiro atoms. The topological polar surface area (TPSA) is 64.4 Å². The molecule has 1 heterocycles. The van der Waals surface area contributed by atoms with E-state index in [1.54, 1.807) is 0 Å². The maximum absolute atomic E-state index is 11.7. The third-order valence-corrected chi connectivity index (χ3v) is 3.59. The highest BCUT2D eigenvalue weighted by Gasteiger charge is 2.10. The van der Waals surface area contributed by atoms with E-state index in [-0.39, 0.29) is 12.6 Å². The van der Waals surface area contributed by atoms with Crippen LogP contribution >= 0.6 is 15.9 Å². The van der Waals surface area contributed by atoms with Crippen molar-refractivity contribution in [2.75, 3.05) is 5.32 Å². The average molecular weight is 373 g/mol. The third kappa shape index (κ3) is 4.20. The van der Waals surface area contributed by atoms with Gasteiger partial charge in [0.25, 0.3) is 0 Å². The second-order valence-corrected chi connectivity index (χ2v) is 5.65. The molecule has 6 heteroatoms. The van der Waals surface area contributed by atoms with Gasteiger partial charge in [0.15, 0.2) is 0 Å². The molecule has 0 unspecified atom stereocenters. The monoisotopic (exact) mass is 372 g/mol. The van der Waals surface area contributed by atoms with E-state index < -0.39 is 6.09 Å². The van der Waals surface area contributed by atoms with E-state index in [1.165, 1.54) is 6.26 Å². The van der Waals surface area contributed by atoms with Crippen LogP contribution in [0.25, 0.3) is 11.3 Å². The Labute approximate surface area is 141 Å². The van der Waals surface area contributed by atoms with Crippen LogP contribution < -0.4 is 5.32 Å². The number of carbonyl (C=O) groups excluding carboxylic acids is 1. The van der Waals surface area contributed by atoms with Crippen LogP contribution in [0.4, 0.5) is 10.8 Å². The summed E-state index contributed by atoms with van der Waals surface area (Å²) in [6, 6.07) is 17.1. The average Bonchev–Trinajstić information content (AvgIpc) is 3.03. The summed E-state index contributed by atoms with van der Waals surface area (Å²) in [5.41, 5.74) is 2.43. The first-order valence-electron chi connectivity index (χ1n) is 6.90. The number of amides is 1. The van der Waals surface area contributed by atoms with Gasteiger partial charge >= 0.3 is 12.1 Å². The van der Waals surface area contributed by atoms with E-state index in [1.807, 2.05) is 54.6 Å². The minimum absolute atomic E-state index is 0.0981. The first-order valence-corrected chi connectivity index (χ1v) is 7.69. The van der Waals surface area contributed by atoms with Crippen molar-refractivity contribution in [1.29, 1.82) is 0 Å². The largest absolute Gasteiger partial charge is 0.444 e. The number of hydrogen-bond acceptors (Lipinski definition) is 4. The molecular formula is C17H13BrN2O3. The van der Waals surface area contributed by atoms with Gasteiger partial charge in [0, 0.05) is 10.0 Å². The summed E-state index contributed by atoms with van der Waals surface area (Å²) in [5.74, 6) is 0. The standard InChI is InChI=1S/C17H13BrN2O3/c18-14-8-6-13(7-9-14)15-11-22-16(19-15)20-17(21)23-10-12-4-2-1-3-5-12/h1-9,11H,10H2,(H,19,20,21). The maximum atomic E-state index is 11.7. The number of carbonyl (C=O) groups is 1. The second kappa shape index (κ2) is 7.11. The molecule has 0 aliphatic carbocycles. The van der Waals surface area contributed by atoms with Crippen LogP contribution in [0.5, 0.6) is 0 Å². The molecule has 3 rings (SSSR count). The lowest BCUT2D eigenvalue weighted by Crippen LogP contribution is -2.13. The summed E-state index contributed by atoms with van der Waals surface area (Å²) in [6.45, 7) is 0.187. The number of ether oxygens (including phenoxy) is 1. The van der Waals surface area contributed by atoms with Gasteiger partial charge in [-0.1, -0.05) is 58.4 Å². The van der Waals surface area contributed by atoms with E-state index in [4.69, 9.17) is 9.15 Å². The van der Waals surface area contributed by atoms with Gasteiger partial charge in [0.1, 0.15) is 18.6 Å². The van der Waals surface area contributed by atoms with Crippen molar-refractivity contribution in [2.45, 2.75) is 6.61 Å². The zero-order valence-corrected chi connectivity index (χ0v) is 13.6. The number of oxazole rings is 1. The first-order chi connectivity index (χ1) is 11.2. The molecule has 0 atom stereocenters. The minimum atomic E-state index is -0.613. The summed E-state index contributed by atoms with van der Waals surface area (Å²) < 4.78 is 11.3. The van der Waals surface area contributed by atoms with E-state index in [2.05, 4.69) is 26.2 Å². The van der Waals surface area contributed by atoms with Crippen LogP contribution in [0.1, 0.15) is 5.56 Å². The normalized spacial score (nSPS) is 10.3. The Morgan fingerprint density at radius 2 is 1.87 bits per heavy atom. The summed E-state index contributed by atoms with van der Waals surface area (Å²) in [6.07, 6.45) is 0.869. The van der Waals surface area contributed by atoms with E-state index in [0.29, 0.717) is 5.69 Å². The van der Waals surface area contributed by atoms with Crippen molar-refractivity contribution in [2.24, 2.45) is 0 Å². The molecule has 0 saturated carbocycles. The zero-order chi connectivity index (χ0) is 16.1. The fourth-order valence-corrected chi connectivity index (χ4v) is 2.20.